The number of piperidine rings is 1. The van der Waals surface area contributed by atoms with Crippen molar-refractivity contribution in [1.82, 2.24) is 75.1 Å². The quantitative estimate of drug-likeness (QED) is 0.0719. The Morgan fingerprint density at radius 2 is 1.69 bits per heavy atom. The SMILES string of the molecule is CN(C)CCOc1ccccc1Cn1cnc2ccc(C(=O)NCCc3cn(CCC(=O)N4CCN(CC[C@H](NC(=O)C5(NC(=O)OC(C)(C)C)CCN(c6ncnc7[nH]ccc67)CC5)c5ccc(Cl)cc5)CC4)nn3)nc21. The molecule has 2 aliphatic heterocycles. The minimum Gasteiger partial charge on any atom is -0.492 e. The molecule has 2 aliphatic rings. The molecule has 2 fully saturated rings. The van der Waals surface area contributed by atoms with Crippen molar-refractivity contribution in [2.24, 2.45) is 0 Å². The van der Waals surface area contributed by atoms with Crippen LogP contribution in [0.25, 0.3) is 22.2 Å². The highest BCUT2D eigenvalue weighted by Gasteiger charge is 2.45. The van der Waals surface area contributed by atoms with Crippen LogP contribution >= 0.6 is 11.6 Å². The van der Waals surface area contributed by atoms with E-state index in [1.807, 2.05) is 84.4 Å². The van der Waals surface area contributed by atoms with Crippen LogP contribution in [0.4, 0.5) is 10.6 Å². The van der Waals surface area contributed by atoms with E-state index < -0.39 is 23.3 Å². The number of pyridine rings is 1. The van der Waals surface area contributed by atoms with Crippen LogP contribution in [0.1, 0.15) is 79.8 Å². The summed E-state index contributed by atoms with van der Waals surface area (Å²) in [6.07, 6.45) is 8.11. The molecule has 2 aromatic carbocycles. The highest BCUT2D eigenvalue weighted by molar-refractivity contribution is 6.30. The van der Waals surface area contributed by atoms with Crippen molar-refractivity contribution in [3.8, 4) is 5.75 Å². The second kappa shape index (κ2) is 24.8. The molecule has 4 N–H and O–H groups in total. The topological polar surface area (TPSA) is 239 Å². The van der Waals surface area contributed by atoms with Crippen molar-refractivity contribution in [3.05, 3.63) is 119 Å². The Morgan fingerprint density at radius 3 is 2.46 bits per heavy atom. The summed E-state index contributed by atoms with van der Waals surface area (Å²) in [6.45, 7) is 11.9. The van der Waals surface area contributed by atoms with Gasteiger partial charge in [-0.25, -0.2) is 24.7 Å². The number of rotatable bonds is 21. The lowest BCUT2D eigenvalue weighted by Crippen LogP contribution is -2.64. The number of H-pyrrole nitrogens is 1. The normalized spacial score (nSPS) is 15.4. The number of para-hydroxylation sites is 1. The Balaban J connectivity index is 0.737. The standard InChI is InChI=1S/C55H69ClN16O6/c1-54(2,3)78-53(76)64-55(20-26-70(27-21-55)49-42-17-23-57-48(42)59-36-60-49)52(75)63-43(38-10-12-40(56)13-11-38)18-24-68-28-30-69(31-29-68)47(73)19-25-72-35-41(65-66-72)16-22-58-51(74)45-15-14-44-50(62-45)71(37-61-44)34-39-8-6-7-9-46(39)77-33-32-67(4)5/h6-15,17,23,35-37,43H,16,18-22,24-34H2,1-5H3,(H,58,74)(H,63,75)(H,64,76)(H,57,59,60)/t43-/m0/s1. The largest absolute Gasteiger partial charge is 0.492 e. The van der Waals surface area contributed by atoms with Crippen molar-refractivity contribution in [1.29, 1.82) is 0 Å². The summed E-state index contributed by atoms with van der Waals surface area (Å²) in [5.41, 5.74) is 2.81. The summed E-state index contributed by atoms with van der Waals surface area (Å²) in [7, 11) is 4.01. The number of nitrogens with one attached hydrogen (secondary N) is 4. The number of carbonyl (C=O) groups excluding carboxylic acids is 4. The number of halogens is 1. The number of aryl methyl sites for hydroxylation is 1. The van der Waals surface area contributed by atoms with Crippen LogP contribution in [0, 0.1) is 0 Å². The number of ether oxygens (including phenoxy) is 2. The number of fused-ring (bicyclic) bond motifs is 2. The number of alkyl carbamates (subject to hydrolysis) is 1. The zero-order valence-corrected chi connectivity index (χ0v) is 45.7. The van der Waals surface area contributed by atoms with E-state index in [2.05, 4.69) is 65.9 Å². The Hall–Kier alpha value is -7.69. The van der Waals surface area contributed by atoms with E-state index in [-0.39, 0.29) is 29.8 Å². The van der Waals surface area contributed by atoms with E-state index in [4.69, 9.17) is 21.1 Å². The van der Waals surface area contributed by atoms with E-state index in [1.54, 1.807) is 50.1 Å². The Kier molecular flexibility index (Phi) is 17.5. The van der Waals surface area contributed by atoms with Gasteiger partial charge in [0.15, 0.2) is 5.65 Å². The molecule has 0 unspecified atom stereocenters. The molecule has 5 aromatic heterocycles. The van der Waals surface area contributed by atoms with Gasteiger partial charge < -0.3 is 49.7 Å². The van der Waals surface area contributed by atoms with Crippen LogP contribution in [0.3, 0.4) is 0 Å². The Labute approximate surface area is 458 Å². The Morgan fingerprint density at radius 1 is 0.910 bits per heavy atom. The fraction of sp³-hybridized carbons (Fsp3) is 0.455. The number of piperazine rings is 1. The summed E-state index contributed by atoms with van der Waals surface area (Å²) in [5, 5.41) is 19.3. The maximum absolute atomic E-state index is 14.7. The van der Waals surface area contributed by atoms with E-state index in [0.717, 1.165) is 40.3 Å². The van der Waals surface area contributed by atoms with E-state index in [1.165, 1.54) is 6.33 Å². The second-order valence-electron chi connectivity index (χ2n) is 21.1. The molecule has 0 saturated carbocycles. The first-order chi connectivity index (χ1) is 37.6. The number of nitrogens with zero attached hydrogens (tertiary/aromatic N) is 12. The lowest BCUT2D eigenvalue weighted by atomic mass is 9.85. The van der Waals surface area contributed by atoms with Gasteiger partial charge in [-0.3, -0.25) is 24.0 Å². The Bertz CT molecular complexity index is 3170. The van der Waals surface area contributed by atoms with Crippen molar-refractivity contribution >= 4 is 63.4 Å². The predicted octanol–water partition coefficient (Wildman–Crippen LogP) is 5.25. The molecule has 0 aliphatic carbocycles. The number of hydrogen-bond donors (Lipinski definition) is 4. The zero-order valence-electron chi connectivity index (χ0n) is 45.0. The second-order valence-corrected chi connectivity index (χ2v) is 21.6. The van der Waals surface area contributed by atoms with Gasteiger partial charge in [-0.05, 0) is 96.1 Å². The maximum atomic E-state index is 14.7. The van der Waals surface area contributed by atoms with E-state index >= 15 is 0 Å². The summed E-state index contributed by atoms with van der Waals surface area (Å²) in [6, 6.07) is 20.3. The fourth-order valence-electron chi connectivity index (χ4n) is 9.77. The first-order valence-electron chi connectivity index (χ1n) is 26.5. The number of carbonyl (C=O) groups is 4. The van der Waals surface area contributed by atoms with Gasteiger partial charge in [0.25, 0.3) is 5.91 Å². The molecule has 0 radical (unpaired) electrons. The molecule has 23 heteroatoms. The number of anilines is 1. The average molecular weight is 1090 g/mol. The minimum atomic E-state index is -1.26. The van der Waals surface area contributed by atoms with Gasteiger partial charge in [0, 0.05) is 94.7 Å². The number of amides is 4. The molecule has 412 valence electrons. The van der Waals surface area contributed by atoms with Crippen LogP contribution in [0.15, 0.2) is 91.8 Å². The molecule has 1 atom stereocenters. The van der Waals surface area contributed by atoms with Gasteiger partial charge in [-0.2, -0.15) is 0 Å². The molecule has 9 rings (SSSR count). The monoisotopic (exact) mass is 1080 g/mol. The zero-order chi connectivity index (χ0) is 54.8. The molecular weight excluding hydrogens is 1020 g/mol. The molecule has 2 saturated heterocycles. The van der Waals surface area contributed by atoms with Crippen LogP contribution < -0.4 is 25.6 Å². The van der Waals surface area contributed by atoms with Crippen molar-refractivity contribution in [2.75, 3.05) is 84.5 Å². The van der Waals surface area contributed by atoms with Crippen molar-refractivity contribution < 1.29 is 28.7 Å². The van der Waals surface area contributed by atoms with Gasteiger partial charge in [0.2, 0.25) is 11.8 Å². The smallest absolute Gasteiger partial charge is 0.408 e. The van der Waals surface area contributed by atoms with Crippen molar-refractivity contribution in [3.63, 3.8) is 0 Å². The van der Waals surface area contributed by atoms with E-state index in [0.29, 0.717) is 120 Å². The van der Waals surface area contributed by atoms with Crippen LogP contribution in [-0.2, 0) is 33.8 Å². The number of likely N-dealkylation sites (N-methyl/N-ethyl adjacent to an activating group) is 1. The number of hydrogen-bond acceptors (Lipinski definition) is 15. The first kappa shape index (κ1) is 55.1. The first-order valence-corrected chi connectivity index (χ1v) is 26.9. The summed E-state index contributed by atoms with van der Waals surface area (Å²) in [4.78, 5) is 84.4. The third-order valence-corrected chi connectivity index (χ3v) is 14.3. The molecule has 7 heterocycles. The maximum Gasteiger partial charge on any atom is 0.408 e. The molecule has 78 heavy (non-hydrogen) atoms. The van der Waals surface area contributed by atoms with Gasteiger partial charge in [-0.15, -0.1) is 5.10 Å². The number of aromatic nitrogens is 9. The minimum absolute atomic E-state index is 0.0275. The lowest BCUT2D eigenvalue weighted by Gasteiger charge is -2.42. The third-order valence-electron chi connectivity index (χ3n) is 14.1. The van der Waals surface area contributed by atoms with Crippen molar-refractivity contribution in [2.45, 2.75) is 83.1 Å². The predicted molar refractivity (Wildman–Crippen MR) is 295 cm³/mol. The highest BCUT2D eigenvalue weighted by Crippen LogP contribution is 2.32. The average Bonchev–Trinajstić information content (AvgIpc) is 4.26. The highest BCUT2D eigenvalue weighted by atomic mass is 35.5. The number of benzene rings is 2. The molecular formula is C55H69ClN16O6. The van der Waals surface area contributed by atoms with Gasteiger partial charge in [0.05, 0.1) is 36.5 Å². The summed E-state index contributed by atoms with van der Waals surface area (Å²) in [5.74, 6) is 0.974. The summed E-state index contributed by atoms with van der Waals surface area (Å²) < 4.78 is 15.3. The van der Waals surface area contributed by atoms with Gasteiger partial charge >= 0.3 is 6.09 Å². The number of imidazole rings is 1. The molecule has 0 spiro atoms. The van der Waals surface area contributed by atoms with Gasteiger partial charge in [-0.1, -0.05) is 47.1 Å². The molecule has 4 amide bonds. The van der Waals surface area contributed by atoms with Crippen LogP contribution in [0.5, 0.6) is 5.75 Å². The fourth-order valence-corrected chi connectivity index (χ4v) is 9.90. The molecule has 7 aromatic rings. The van der Waals surface area contributed by atoms with Crippen LogP contribution in [0.2, 0.25) is 5.02 Å². The van der Waals surface area contributed by atoms with Crippen LogP contribution in [-0.4, -0.2) is 174 Å². The summed E-state index contributed by atoms with van der Waals surface area (Å²) >= 11 is 6.32. The molecule has 22 nitrogen and oxygen atoms in total. The third kappa shape index (κ3) is 14.1. The number of aromatic amines is 1. The lowest BCUT2D eigenvalue weighted by molar-refractivity contribution is -0.133. The van der Waals surface area contributed by atoms with Gasteiger partial charge in [0.1, 0.15) is 52.5 Å². The molecule has 0 bridgehead atoms. The van der Waals surface area contributed by atoms with E-state index in [9.17, 15) is 19.2 Å².